The molecule has 1 heterocycles. The largest absolute Gasteiger partial charge is 0.304 e. The summed E-state index contributed by atoms with van der Waals surface area (Å²) in [5.41, 5.74) is 0.194. The van der Waals surface area contributed by atoms with E-state index in [1.165, 1.54) is 0 Å². The van der Waals surface area contributed by atoms with Gasteiger partial charge in [0.15, 0.2) is 0 Å². The highest BCUT2D eigenvalue weighted by atomic mass is 79.9. The average molecular weight is 325 g/mol. The van der Waals surface area contributed by atoms with Crippen LogP contribution in [0.1, 0.15) is 34.1 Å². The van der Waals surface area contributed by atoms with E-state index in [4.69, 9.17) is 0 Å². The molecule has 0 atom stereocenters. The fourth-order valence-corrected chi connectivity index (χ4v) is 2.95. The van der Waals surface area contributed by atoms with E-state index in [2.05, 4.69) is 35.1 Å². The van der Waals surface area contributed by atoms with Crippen molar-refractivity contribution in [2.24, 2.45) is 0 Å². The lowest BCUT2D eigenvalue weighted by atomic mass is 9.96. The van der Waals surface area contributed by atoms with E-state index >= 15 is 0 Å². The summed E-state index contributed by atoms with van der Waals surface area (Å²) in [5.74, 6) is 0.113. The summed E-state index contributed by atoms with van der Waals surface area (Å²) in [6.45, 7) is 8.97. The lowest BCUT2D eigenvalue weighted by Crippen LogP contribution is -2.56. The molecule has 0 radical (unpaired) electrons. The van der Waals surface area contributed by atoms with Crippen molar-refractivity contribution in [2.75, 3.05) is 11.4 Å². The molecule has 4 heteroatoms. The number of para-hydroxylation sites is 1. The Bertz CT molecular complexity index is 497. The van der Waals surface area contributed by atoms with Gasteiger partial charge < -0.3 is 10.2 Å². The number of hydrogen-bond acceptors (Lipinski definition) is 2. The van der Waals surface area contributed by atoms with E-state index in [9.17, 15) is 4.79 Å². The van der Waals surface area contributed by atoms with Crippen LogP contribution in [-0.4, -0.2) is 23.5 Å². The van der Waals surface area contributed by atoms with Crippen molar-refractivity contribution in [2.45, 2.75) is 45.2 Å². The zero-order valence-electron chi connectivity index (χ0n) is 12.0. The van der Waals surface area contributed by atoms with E-state index in [1.54, 1.807) is 0 Å². The molecular formula is C15H21BrN2O. The van der Waals surface area contributed by atoms with Crippen molar-refractivity contribution in [1.29, 1.82) is 0 Å². The van der Waals surface area contributed by atoms with E-state index in [-0.39, 0.29) is 11.4 Å². The molecule has 0 unspecified atom stereocenters. The molecule has 104 valence electrons. The van der Waals surface area contributed by atoms with Crippen LogP contribution >= 0.6 is 15.9 Å². The van der Waals surface area contributed by atoms with Gasteiger partial charge in [0.2, 0.25) is 5.91 Å². The summed E-state index contributed by atoms with van der Waals surface area (Å²) in [7, 11) is 0. The Kier molecular flexibility index (Phi) is 3.76. The second kappa shape index (κ2) is 4.91. The van der Waals surface area contributed by atoms with Gasteiger partial charge in [-0.1, -0.05) is 12.1 Å². The van der Waals surface area contributed by atoms with Crippen LogP contribution in [0.25, 0.3) is 0 Å². The SMILES string of the molecule is CC1(C)NCCC(C)(C)N(c2ccccc2Br)C1=O. The molecule has 1 aliphatic rings. The first-order valence-electron chi connectivity index (χ1n) is 6.60. The maximum absolute atomic E-state index is 12.9. The normalized spacial score (nSPS) is 22.2. The molecule has 0 aliphatic carbocycles. The Morgan fingerprint density at radius 3 is 2.47 bits per heavy atom. The summed E-state index contributed by atoms with van der Waals surface area (Å²) in [4.78, 5) is 14.8. The summed E-state index contributed by atoms with van der Waals surface area (Å²) in [5, 5.41) is 3.34. The number of nitrogens with one attached hydrogen (secondary N) is 1. The predicted molar refractivity (Wildman–Crippen MR) is 82.4 cm³/mol. The minimum Gasteiger partial charge on any atom is -0.304 e. The standard InChI is InChI=1S/C15H21BrN2O/c1-14(2)9-10-17-15(3,4)13(19)18(14)12-8-6-5-7-11(12)16/h5-8,17H,9-10H2,1-4H3. The molecular weight excluding hydrogens is 304 g/mol. The Hall–Kier alpha value is -0.870. The van der Waals surface area contributed by atoms with E-state index in [0.717, 1.165) is 23.1 Å². The summed E-state index contributed by atoms with van der Waals surface area (Å²) >= 11 is 3.56. The second-order valence-corrected chi connectivity index (χ2v) is 7.06. The van der Waals surface area contributed by atoms with Crippen LogP contribution in [0.2, 0.25) is 0 Å². The highest BCUT2D eigenvalue weighted by Crippen LogP contribution is 2.35. The first-order chi connectivity index (χ1) is 8.76. The van der Waals surface area contributed by atoms with Gasteiger partial charge in [0.1, 0.15) is 0 Å². The molecule has 3 nitrogen and oxygen atoms in total. The van der Waals surface area contributed by atoms with Gasteiger partial charge in [-0.3, -0.25) is 4.79 Å². The van der Waals surface area contributed by atoms with Crippen molar-refractivity contribution in [3.05, 3.63) is 28.7 Å². The lowest BCUT2D eigenvalue weighted by molar-refractivity contribution is -0.124. The van der Waals surface area contributed by atoms with E-state index in [0.29, 0.717) is 0 Å². The average Bonchev–Trinajstić information content (AvgIpc) is 2.37. The molecule has 0 spiro atoms. The zero-order valence-corrected chi connectivity index (χ0v) is 13.5. The first kappa shape index (κ1) is 14.5. The molecule has 0 aromatic heterocycles. The van der Waals surface area contributed by atoms with Crippen molar-refractivity contribution in [3.8, 4) is 0 Å². The maximum Gasteiger partial charge on any atom is 0.247 e. The fourth-order valence-electron chi connectivity index (χ4n) is 2.49. The third-order valence-electron chi connectivity index (χ3n) is 3.74. The molecule has 1 saturated heterocycles. The number of nitrogens with zero attached hydrogens (tertiary/aromatic N) is 1. The van der Waals surface area contributed by atoms with Crippen LogP contribution in [0.15, 0.2) is 28.7 Å². The number of amides is 1. The summed E-state index contributed by atoms with van der Waals surface area (Å²) in [6, 6.07) is 7.90. The molecule has 2 rings (SSSR count). The lowest BCUT2D eigenvalue weighted by Gasteiger charge is -2.40. The number of benzene rings is 1. The van der Waals surface area contributed by atoms with Crippen LogP contribution in [0, 0.1) is 0 Å². The van der Waals surface area contributed by atoms with Gasteiger partial charge >= 0.3 is 0 Å². The molecule has 1 aliphatic heterocycles. The van der Waals surface area contributed by atoms with Gasteiger partial charge in [-0.25, -0.2) is 0 Å². The van der Waals surface area contributed by atoms with Crippen LogP contribution in [0.5, 0.6) is 0 Å². The first-order valence-corrected chi connectivity index (χ1v) is 7.39. The monoisotopic (exact) mass is 324 g/mol. The highest BCUT2D eigenvalue weighted by Gasteiger charge is 2.43. The van der Waals surface area contributed by atoms with Crippen molar-refractivity contribution >= 4 is 27.5 Å². The minimum absolute atomic E-state index is 0.113. The number of carbonyl (C=O) groups is 1. The predicted octanol–water partition coefficient (Wildman–Crippen LogP) is 3.33. The van der Waals surface area contributed by atoms with Crippen molar-refractivity contribution in [3.63, 3.8) is 0 Å². The number of rotatable bonds is 1. The molecule has 0 bridgehead atoms. The van der Waals surface area contributed by atoms with Crippen LogP contribution in [0.3, 0.4) is 0 Å². The van der Waals surface area contributed by atoms with Gasteiger partial charge in [-0.2, -0.15) is 0 Å². The Balaban J connectivity index is 2.55. The minimum atomic E-state index is -0.539. The Morgan fingerprint density at radius 2 is 1.84 bits per heavy atom. The topological polar surface area (TPSA) is 32.3 Å². The van der Waals surface area contributed by atoms with Gasteiger partial charge in [-0.15, -0.1) is 0 Å². The fraction of sp³-hybridized carbons (Fsp3) is 0.533. The molecule has 0 saturated carbocycles. The Labute approximate surface area is 123 Å². The van der Waals surface area contributed by atoms with E-state index < -0.39 is 5.54 Å². The third-order valence-corrected chi connectivity index (χ3v) is 4.41. The van der Waals surface area contributed by atoms with Gasteiger partial charge in [0, 0.05) is 10.0 Å². The maximum atomic E-state index is 12.9. The van der Waals surface area contributed by atoms with Crippen LogP contribution in [0.4, 0.5) is 5.69 Å². The molecule has 1 aromatic carbocycles. The highest BCUT2D eigenvalue weighted by molar-refractivity contribution is 9.10. The quantitative estimate of drug-likeness (QED) is 0.859. The number of halogens is 1. The van der Waals surface area contributed by atoms with Crippen molar-refractivity contribution in [1.82, 2.24) is 5.32 Å². The molecule has 1 N–H and O–H groups in total. The molecule has 1 fully saturated rings. The third kappa shape index (κ3) is 2.70. The second-order valence-electron chi connectivity index (χ2n) is 6.21. The molecule has 1 aromatic rings. The Morgan fingerprint density at radius 1 is 1.21 bits per heavy atom. The van der Waals surface area contributed by atoms with Crippen LogP contribution in [-0.2, 0) is 4.79 Å². The molecule has 19 heavy (non-hydrogen) atoms. The number of anilines is 1. The van der Waals surface area contributed by atoms with Crippen molar-refractivity contribution < 1.29 is 4.79 Å². The number of carbonyl (C=O) groups excluding carboxylic acids is 1. The van der Waals surface area contributed by atoms with E-state index in [1.807, 2.05) is 43.0 Å². The summed E-state index contributed by atoms with van der Waals surface area (Å²) in [6.07, 6.45) is 0.920. The smallest absolute Gasteiger partial charge is 0.247 e. The van der Waals surface area contributed by atoms with Gasteiger partial charge in [0.05, 0.1) is 11.2 Å². The summed E-state index contributed by atoms with van der Waals surface area (Å²) < 4.78 is 0.953. The zero-order chi connectivity index (χ0) is 14.3. The van der Waals surface area contributed by atoms with Gasteiger partial charge in [0.25, 0.3) is 0 Å². The number of hydrogen-bond donors (Lipinski definition) is 1. The molecule has 1 amide bonds. The van der Waals surface area contributed by atoms with Crippen LogP contribution < -0.4 is 10.2 Å². The van der Waals surface area contributed by atoms with Gasteiger partial charge in [-0.05, 0) is 68.7 Å².